The molecule has 0 aliphatic heterocycles. The molecule has 0 amide bonds. The van der Waals surface area contributed by atoms with Crippen molar-refractivity contribution >= 4 is 16.9 Å². The number of nitrogens with zero attached hydrogens (tertiary/aromatic N) is 3. The maximum atomic E-state index is 13.4. The first kappa shape index (κ1) is 11.6. The Morgan fingerprint density at radius 1 is 1.21 bits per heavy atom. The first-order valence-electron chi connectivity index (χ1n) is 6.07. The fraction of sp³-hybridized carbons (Fsp3) is 0.143. The summed E-state index contributed by atoms with van der Waals surface area (Å²) in [5.74, 6) is 0.878. The van der Waals surface area contributed by atoms with E-state index in [4.69, 9.17) is 5.73 Å². The highest BCUT2D eigenvalue weighted by atomic mass is 19.1. The summed E-state index contributed by atoms with van der Waals surface area (Å²) in [5, 5.41) is 0. The van der Waals surface area contributed by atoms with Gasteiger partial charge in [0.05, 0.1) is 11.0 Å². The molecule has 0 spiro atoms. The van der Waals surface area contributed by atoms with Crippen molar-refractivity contribution in [2.45, 2.75) is 13.5 Å². The molecule has 2 heterocycles. The van der Waals surface area contributed by atoms with Crippen molar-refractivity contribution < 1.29 is 4.39 Å². The molecular formula is C14H13FN4. The third kappa shape index (κ3) is 1.93. The molecule has 0 aliphatic carbocycles. The van der Waals surface area contributed by atoms with E-state index in [9.17, 15) is 4.39 Å². The summed E-state index contributed by atoms with van der Waals surface area (Å²) in [6.45, 7) is 2.67. The monoisotopic (exact) mass is 256 g/mol. The molecule has 96 valence electrons. The van der Waals surface area contributed by atoms with Gasteiger partial charge in [0.2, 0.25) is 0 Å². The summed E-state index contributed by atoms with van der Waals surface area (Å²) in [6.07, 6.45) is 0. The van der Waals surface area contributed by atoms with Gasteiger partial charge in [-0.2, -0.15) is 0 Å². The lowest BCUT2D eigenvalue weighted by Gasteiger charge is -2.05. The van der Waals surface area contributed by atoms with Gasteiger partial charge in [0.1, 0.15) is 17.3 Å². The minimum absolute atomic E-state index is 0.269. The van der Waals surface area contributed by atoms with Gasteiger partial charge in [-0.15, -0.1) is 0 Å². The van der Waals surface area contributed by atoms with Crippen LogP contribution in [0, 0.1) is 5.82 Å². The molecule has 2 N–H and O–H groups in total. The largest absolute Gasteiger partial charge is 0.384 e. The fourth-order valence-electron chi connectivity index (χ4n) is 2.19. The number of fused-ring (bicyclic) bond motifs is 1. The number of nitrogens with two attached hydrogens (primary N) is 1. The first-order chi connectivity index (χ1) is 9.19. The van der Waals surface area contributed by atoms with E-state index in [0.29, 0.717) is 23.9 Å². The quantitative estimate of drug-likeness (QED) is 0.767. The number of rotatable bonds is 2. The topological polar surface area (TPSA) is 56.7 Å². The molecule has 3 rings (SSSR count). The molecule has 2 aromatic heterocycles. The zero-order valence-electron chi connectivity index (χ0n) is 10.5. The number of nitrogen functional groups attached to an aromatic ring is 1. The van der Waals surface area contributed by atoms with Crippen molar-refractivity contribution in [3.8, 4) is 11.5 Å². The van der Waals surface area contributed by atoms with Crippen LogP contribution in [0.1, 0.15) is 6.92 Å². The Hall–Kier alpha value is -2.43. The summed E-state index contributed by atoms with van der Waals surface area (Å²) in [4.78, 5) is 8.78. The minimum Gasteiger partial charge on any atom is -0.384 e. The highest BCUT2D eigenvalue weighted by Crippen LogP contribution is 2.24. The van der Waals surface area contributed by atoms with E-state index >= 15 is 0 Å². The number of aryl methyl sites for hydroxylation is 1. The van der Waals surface area contributed by atoms with Crippen LogP contribution in [0.5, 0.6) is 0 Å². The smallest absolute Gasteiger partial charge is 0.159 e. The molecule has 19 heavy (non-hydrogen) atoms. The fourth-order valence-corrected chi connectivity index (χ4v) is 2.19. The van der Waals surface area contributed by atoms with E-state index in [0.717, 1.165) is 11.0 Å². The third-order valence-electron chi connectivity index (χ3n) is 3.03. The van der Waals surface area contributed by atoms with Crippen molar-refractivity contribution in [2.24, 2.45) is 0 Å². The van der Waals surface area contributed by atoms with Crippen LogP contribution in [0.2, 0.25) is 0 Å². The first-order valence-corrected chi connectivity index (χ1v) is 6.07. The van der Waals surface area contributed by atoms with E-state index in [1.54, 1.807) is 12.1 Å². The summed E-state index contributed by atoms with van der Waals surface area (Å²) < 4.78 is 15.3. The van der Waals surface area contributed by atoms with Gasteiger partial charge in [0.25, 0.3) is 0 Å². The summed E-state index contributed by atoms with van der Waals surface area (Å²) in [6, 6.07) is 9.97. The average molecular weight is 256 g/mol. The Balaban J connectivity index is 2.29. The van der Waals surface area contributed by atoms with E-state index in [1.807, 2.05) is 23.6 Å². The molecule has 0 radical (unpaired) electrons. The number of hydrogen-bond donors (Lipinski definition) is 1. The van der Waals surface area contributed by atoms with E-state index in [-0.39, 0.29) is 5.82 Å². The Kier molecular flexibility index (Phi) is 2.67. The number of halogens is 1. The van der Waals surface area contributed by atoms with Gasteiger partial charge in [-0.25, -0.2) is 14.4 Å². The number of aromatic nitrogens is 3. The van der Waals surface area contributed by atoms with Crippen molar-refractivity contribution in [3.63, 3.8) is 0 Å². The van der Waals surface area contributed by atoms with Crippen LogP contribution in [0.3, 0.4) is 0 Å². The lowest BCUT2D eigenvalue weighted by molar-refractivity contribution is 0.628. The SMILES string of the molecule is CCn1c(-c2cccc(N)n2)nc2ccc(F)cc21. The van der Waals surface area contributed by atoms with Crippen molar-refractivity contribution in [1.82, 2.24) is 14.5 Å². The number of imidazole rings is 1. The lowest BCUT2D eigenvalue weighted by Crippen LogP contribution is -2.00. The van der Waals surface area contributed by atoms with Crippen LogP contribution in [0.25, 0.3) is 22.6 Å². The highest BCUT2D eigenvalue weighted by molar-refractivity contribution is 5.80. The molecule has 1 aromatic carbocycles. The van der Waals surface area contributed by atoms with Crippen LogP contribution in [-0.2, 0) is 6.54 Å². The molecule has 0 fully saturated rings. The second kappa shape index (κ2) is 4.35. The molecule has 0 aliphatic rings. The average Bonchev–Trinajstić information content (AvgIpc) is 2.76. The standard InChI is InChI=1S/C14H13FN4/c1-2-19-12-8-9(15)6-7-10(12)18-14(19)11-4-3-5-13(16)17-11/h3-8H,2H2,1H3,(H2,16,17). The van der Waals surface area contributed by atoms with Gasteiger partial charge in [-0.05, 0) is 37.3 Å². The summed E-state index contributed by atoms with van der Waals surface area (Å²) >= 11 is 0. The Morgan fingerprint density at radius 2 is 2.05 bits per heavy atom. The molecule has 0 bridgehead atoms. The molecule has 4 nitrogen and oxygen atoms in total. The van der Waals surface area contributed by atoms with Gasteiger partial charge < -0.3 is 10.3 Å². The van der Waals surface area contributed by atoms with Crippen molar-refractivity contribution in [3.05, 3.63) is 42.2 Å². The number of hydrogen-bond acceptors (Lipinski definition) is 3. The zero-order valence-corrected chi connectivity index (χ0v) is 10.5. The molecule has 0 saturated heterocycles. The highest BCUT2D eigenvalue weighted by Gasteiger charge is 2.13. The van der Waals surface area contributed by atoms with E-state index in [1.165, 1.54) is 12.1 Å². The van der Waals surface area contributed by atoms with E-state index < -0.39 is 0 Å². The Morgan fingerprint density at radius 3 is 2.79 bits per heavy atom. The molecule has 0 unspecified atom stereocenters. The van der Waals surface area contributed by atoms with Gasteiger partial charge in [0.15, 0.2) is 5.82 Å². The minimum atomic E-state index is -0.269. The third-order valence-corrected chi connectivity index (χ3v) is 3.03. The molecule has 0 saturated carbocycles. The zero-order chi connectivity index (χ0) is 13.4. The molecular weight excluding hydrogens is 243 g/mol. The van der Waals surface area contributed by atoms with E-state index in [2.05, 4.69) is 9.97 Å². The lowest BCUT2D eigenvalue weighted by atomic mass is 10.3. The maximum absolute atomic E-state index is 13.4. The number of anilines is 1. The Bertz CT molecular complexity index is 748. The van der Waals surface area contributed by atoms with Gasteiger partial charge in [0, 0.05) is 6.54 Å². The Labute approximate surface area is 109 Å². The molecule has 3 aromatic rings. The second-order valence-corrected chi connectivity index (χ2v) is 4.26. The predicted octanol–water partition coefficient (Wildman–Crippen LogP) is 2.84. The van der Waals surface area contributed by atoms with Gasteiger partial charge >= 0.3 is 0 Å². The second-order valence-electron chi connectivity index (χ2n) is 4.26. The van der Waals surface area contributed by atoms with Gasteiger partial charge in [-0.3, -0.25) is 0 Å². The van der Waals surface area contributed by atoms with Crippen LogP contribution in [0.4, 0.5) is 10.2 Å². The number of benzene rings is 1. The van der Waals surface area contributed by atoms with Crippen molar-refractivity contribution in [1.29, 1.82) is 0 Å². The maximum Gasteiger partial charge on any atom is 0.159 e. The predicted molar refractivity (Wildman–Crippen MR) is 73.0 cm³/mol. The summed E-state index contributed by atoms with van der Waals surface area (Å²) in [7, 11) is 0. The van der Waals surface area contributed by atoms with Crippen LogP contribution >= 0.6 is 0 Å². The van der Waals surface area contributed by atoms with Gasteiger partial charge in [-0.1, -0.05) is 6.07 Å². The number of pyridine rings is 1. The molecule has 5 heteroatoms. The normalized spacial score (nSPS) is 11.1. The van der Waals surface area contributed by atoms with Crippen LogP contribution in [0.15, 0.2) is 36.4 Å². The molecule has 0 atom stereocenters. The van der Waals surface area contributed by atoms with Crippen LogP contribution < -0.4 is 5.73 Å². The van der Waals surface area contributed by atoms with Crippen molar-refractivity contribution in [2.75, 3.05) is 5.73 Å². The van der Waals surface area contributed by atoms with Crippen LogP contribution in [-0.4, -0.2) is 14.5 Å². The summed E-state index contributed by atoms with van der Waals surface area (Å²) in [5.41, 5.74) is 7.91.